The third-order valence-corrected chi connectivity index (χ3v) is 6.73. The molecule has 0 atom stereocenters. The topological polar surface area (TPSA) is 138 Å². The molecule has 3 N–H and O–H groups in total. The molecule has 9 nitrogen and oxygen atoms in total. The van der Waals surface area contributed by atoms with E-state index in [2.05, 4.69) is 15.5 Å². The summed E-state index contributed by atoms with van der Waals surface area (Å²) in [5.41, 5.74) is 0.477. The number of ether oxygens (including phenoxy) is 1. The van der Waals surface area contributed by atoms with E-state index in [9.17, 15) is 22.9 Å². The SMILES string of the molecule is COc1cccc(NC(=O)c2cc3ccccc3c(N=Nc3c(S(=O)(=O)O)ccc(C)c3Cl)c2O)c1. The third kappa shape index (κ3) is 5.01. The molecule has 0 aliphatic heterocycles. The summed E-state index contributed by atoms with van der Waals surface area (Å²) >= 11 is 6.26. The van der Waals surface area contributed by atoms with Gasteiger partial charge in [-0.25, -0.2) is 0 Å². The average molecular weight is 526 g/mol. The van der Waals surface area contributed by atoms with E-state index in [4.69, 9.17) is 16.3 Å². The van der Waals surface area contributed by atoms with E-state index < -0.39 is 26.7 Å². The number of phenols is 1. The lowest BCUT2D eigenvalue weighted by Crippen LogP contribution is -2.12. The molecule has 4 aromatic carbocycles. The number of fused-ring (bicyclic) bond motifs is 1. The minimum Gasteiger partial charge on any atom is -0.505 e. The van der Waals surface area contributed by atoms with Crippen LogP contribution in [-0.4, -0.2) is 31.1 Å². The molecule has 0 saturated heterocycles. The summed E-state index contributed by atoms with van der Waals surface area (Å²) in [6.45, 7) is 1.63. The molecular weight excluding hydrogens is 506 g/mol. The first kappa shape index (κ1) is 25.1. The molecule has 0 aliphatic rings. The van der Waals surface area contributed by atoms with Gasteiger partial charge in [0.1, 0.15) is 22.0 Å². The summed E-state index contributed by atoms with van der Waals surface area (Å²) in [5, 5.41) is 22.8. The smallest absolute Gasteiger partial charge is 0.296 e. The summed E-state index contributed by atoms with van der Waals surface area (Å²) in [7, 11) is -3.17. The van der Waals surface area contributed by atoms with Crippen molar-refractivity contribution < 1.29 is 27.6 Å². The van der Waals surface area contributed by atoms with Crippen molar-refractivity contribution in [3.05, 3.63) is 82.9 Å². The Morgan fingerprint density at radius 3 is 2.44 bits per heavy atom. The van der Waals surface area contributed by atoms with Gasteiger partial charge in [0.15, 0.2) is 5.75 Å². The van der Waals surface area contributed by atoms with Crippen molar-refractivity contribution in [2.24, 2.45) is 10.2 Å². The number of carbonyl (C=O) groups is 1. The van der Waals surface area contributed by atoms with Gasteiger partial charge in [-0.2, -0.15) is 8.42 Å². The standard InChI is InChI=1S/C25H20ClN3O6S/c1-14-10-11-20(36(32,33)34)23(21(14)26)29-28-22-18-9-4-3-6-15(18)12-19(24(22)30)25(31)27-16-7-5-8-17(13-16)35-2/h3-13,30H,1-2H3,(H,27,31)(H,32,33,34). The van der Waals surface area contributed by atoms with Crippen LogP contribution in [0, 0.1) is 6.92 Å². The van der Waals surface area contributed by atoms with Crippen molar-refractivity contribution in [1.82, 2.24) is 0 Å². The Morgan fingerprint density at radius 1 is 1.00 bits per heavy atom. The van der Waals surface area contributed by atoms with Crippen LogP contribution in [-0.2, 0) is 10.1 Å². The van der Waals surface area contributed by atoms with Crippen LogP contribution in [0.15, 0.2) is 81.9 Å². The molecule has 0 aromatic heterocycles. The zero-order chi connectivity index (χ0) is 26.0. The van der Waals surface area contributed by atoms with Gasteiger partial charge in [0.25, 0.3) is 16.0 Å². The van der Waals surface area contributed by atoms with Crippen molar-refractivity contribution in [1.29, 1.82) is 0 Å². The molecule has 36 heavy (non-hydrogen) atoms. The molecule has 0 heterocycles. The predicted octanol–water partition coefficient (Wildman–Crippen LogP) is 6.43. The van der Waals surface area contributed by atoms with E-state index in [1.807, 2.05) is 0 Å². The predicted molar refractivity (Wildman–Crippen MR) is 137 cm³/mol. The molecular formula is C25H20ClN3O6S. The third-order valence-electron chi connectivity index (χ3n) is 5.37. The fourth-order valence-corrected chi connectivity index (χ4v) is 4.43. The van der Waals surface area contributed by atoms with Gasteiger partial charge in [0.2, 0.25) is 0 Å². The van der Waals surface area contributed by atoms with E-state index in [0.717, 1.165) is 6.07 Å². The fraction of sp³-hybridized carbons (Fsp3) is 0.0800. The first-order valence-electron chi connectivity index (χ1n) is 10.5. The molecule has 184 valence electrons. The number of aromatic hydroxyl groups is 1. The summed E-state index contributed by atoms with van der Waals surface area (Å²) in [6.07, 6.45) is 0. The van der Waals surface area contributed by atoms with Gasteiger partial charge < -0.3 is 15.2 Å². The normalized spacial score (nSPS) is 11.7. The molecule has 4 aromatic rings. The number of aryl methyl sites for hydroxylation is 1. The van der Waals surface area contributed by atoms with Crippen molar-refractivity contribution in [2.45, 2.75) is 11.8 Å². The second-order valence-corrected chi connectivity index (χ2v) is 9.51. The highest BCUT2D eigenvalue weighted by Gasteiger charge is 2.22. The lowest BCUT2D eigenvalue weighted by atomic mass is 10.0. The van der Waals surface area contributed by atoms with Crippen LogP contribution in [0.2, 0.25) is 5.02 Å². The number of phenolic OH excluding ortho intramolecular Hbond substituents is 1. The molecule has 0 bridgehead atoms. The molecule has 11 heteroatoms. The van der Waals surface area contributed by atoms with E-state index in [-0.39, 0.29) is 22.0 Å². The lowest BCUT2D eigenvalue weighted by molar-refractivity contribution is 0.102. The monoisotopic (exact) mass is 525 g/mol. The summed E-state index contributed by atoms with van der Waals surface area (Å²) in [4.78, 5) is 12.5. The molecule has 0 fully saturated rings. The number of nitrogens with one attached hydrogen (secondary N) is 1. The number of anilines is 1. The maximum atomic E-state index is 13.1. The van der Waals surface area contributed by atoms with Gasteiger partial charge >= 0.3 is 0 Å². The van der Waals surface area contributed by atoms with Crippen molar-refractivity contribution in [3.63, 3.8) is 0 Å². The molecule has 0 saturated carbocycles. The number of hydrogen-bond donors (Lipinski definition) is 3. The first-order chi connectivity index (χ1) is 17.1. The van der Waals surface area contributed by atoms with Crippen LogP contribution in [0.3, 0.4) is 0 Å². The van der Waals surface area contributed by atoms with E-state index in [0.29, 0.717) is 27.8 Å². The second kappa shape index (κ2) is 9.94. The highest BCUT2D eigenvalue weighted by Crippen LogP contribution is 2.42. The van der Waals surface area contributed by atoms with E-state index >= 15 is 0 Å². The zero-order valence-electron chi connectivity index (χ0n) is 19.1. The minimum absolute atomic E-state index is 0.0374. The Labute approximate surface area is 211 Å². The molecule has 0 radical (unpaired) electrons. The van der Waals surface area contributed by atoms with Crippen molar-refractivity contribution >= 4 is 55.5 Å². The highest BCUT2D eigenvalue weighted by atomic mass is 35.5. The van der Waals surface area contributed by atoms with Gasteiger partial charge in [-0.3, -0.25) is 9.35 Å². The Morgan fingerprint density at radius 2 is 1.72 bits per heavy atom. The fourth-order valence-electron chi connectivity index (χ4n) is 3.54. The second-order valence-electron chi connectivity index (χ2n) is 7.75. The largest absolute Gasteiger partial charge is 0.505 e. The van der Waals surface area contributed by atoms with Crippen LogP contribution in [0.4, 0.5) is 17.1 Å². The molecule has 4 rings (SSSR count). The number of hydrogen-bond acceptors (Lipinski definition) is 7. The van der Waals surface area contributed by atoms with Gasteiger partial charge in [-0.1, -0.05) is 48.0 Å². The number of benzene rings is 4. The van der Waals surface area contributed by atoms with Crippen LogP contribution in [0.25, 0.3) is 10.8 Å². The first-order valence-corrected chi connectivity index (χ1v) is 12.3. The quantitative estimate of drug-likeness (QED) is 0.196. The van der Waals surface area contributed by atoms with Crippen LogP contribution in [0.5, 0.6) is 11.5 Å². The van der Waals surface area contributed by atoms with Gasteiger partial charge in [-0.15, -0.1) is 10.2 Å². The summed E-state index contributed by atoms with van der Waals surface area (Å²) in [6, 6.07) is 17.6. The van der Waals surface area contributed by atoms with Gasteiger partial charge in [0, 0.05) is 17.1 Å². The van der Waals surface area contributed by atoms with Crippen LogP contribution in [0.1, 0.15) is 15.9 Å². The summed E-state index contributed by atoms with van der Waals surface area (Å²) in [5.74, 6) is -0.556. The van der Waals surface area contributed by atoms with Crippen molar-refractivity contribution in [3.8, 4) is 11.5 Å². The Balaban J connectivity index is 1.84. The van der Waals surface area contributed by atoms with Crippen molar-refractivity contribution in [2.75, 3.05) is 12.4 Å². The average Bonchev–Trinajstić information content (AvgIpc) is 2.84. The van der Waals surface area contributed by atoms with E-state index in [1.54, 1.807) is 55.5 Å². The maximum Gasteiger partial charge on any atom is 0.296 e. The highest BCUT2D eigenvalue weighted by molar-refractivity contribution is 7.86. The number of amides is 1. The number of halogens is 1. The molecule has 0 spiro atoms. The zero-order valence-corrected chi connectivity index (χ0v) is 20.6. The number of azo groups is 1. The number of rotatable bonds is 6. The maximum absolute atomic E-state index is 13.1. The molecule has 0 unspecified atom stereocenters. The van der Waals surface area contributed by atoms with Crippen LogP contribution < -0.4 is 10.1 Å². The lowest BCUT2D eigenvalue weighted by Gasteiger charge is -2.12. The molecule has 0 aliphatic carbocycles. The van der Waals surface area contributed by atoms with Crippen LogP contribution >= 0.6 is 11.6 Å². The summed E-state index contributed by atoms with van der Waals surface area (Å²) < 4.78 is 38.5. The number of carbonyl (C=O) groups excluding carboxylic acids is 1. The number of nitrogens with zero attached hydrogens (tertiary/aromatic N) is 2. The van der Waals surface area contributed by atoms with Gasteiger partial charge in [-0.05, 0) is 42.1 Å². The van der Waals surface area contributed by atoms with E-state index in [1.165, 1.54) is 19.2 Å². The molecule has 1 amide bonds. The Bertz CT molecular complexity index is 1640. The Hall–Kier alpha value is -3.99. The van der Waals surface area contributed by atoms with Gasteiger partial charge in [0.05, 0.1) is 17.7 Å². The minimum atomic E-state index is -4.67. The Kier molecular flexibility index (Phi) is 6.93. The number of methoxy groups -OCH3 is 1.